The fourth-order valence-corrected chi connectivity index (χ4v) is 3.92. The van der Waals surface area contributed by atoms with E-state index in [9.17, 15) is 5.11 Å². The highest BCUT2D eigenvalue weighted by Crippen LogP contribution is 2.37. The van der Waals surface area contributed by atoms with Crippen LogP contribution in [0.3, 0.4) is 0 Å². The summed E-state index contributed by atoms with van der Waals surface area (Å²) in [4.78, 5) is 11.2. The molecule has 2 aliphatic rings. The third-order valence-electron chi connectivity index (χ3n) is 5.08. The highest BCUT2D eigenvalue weighted by atomic mass is 16.3. The Morgan fingerprint density at radius 1 is 1.00 bits per heavy atom. The number of benzene rings is 1. The van der Waals surface area contributed by atoms with Gasteiger partial charge in [-0.15, -0.1) is 0 Å². The Kier molecular flexibility index (Phi) is 3.64. The molecule has 0 saturated heterocycles. The van der Waals surface area contributed by atoms with Gasteiger partial charge in [-0.25, -0.2) is 9.97 Å². The molecule has 4 heteroatoms. The van der Waals surface area contributed by atoms with Gasteiger partial charge in [-0.2, -0.15) is 0 Å². The van der Waals surface area contributed by atoms with Crippen LogP contribution in [-0.4, -0.2) is 38.7 Å². The van der Waals surface area contributed by atoms with Crippen LogP contribution in [0.25, 0.3) is 0 Å². The van der Waals surface area contributed by atoms with Crippen LogP contribution in [0.5, 0.6) is 0 Å². The van der Waals surface area contributed by atoms with Crippen LogP contribution < -0.4 is 0 Å². The summed E-state index contributed by atoms with van der Waals surface area (Å²) in [5, 5.41) is 10.5. The molecule has 3 unspecified atom stereocenters. The predicted octanol–water partition coefficient (Wildman–Crippen LogP) is 2.14. The molecule has 0 amide bonds. The molecule has 0 radical (unpaired) electrons. The number of aliphatic hydroxyl groups excluding tert-OH is 1. The Balaban J connectivity index is 1.50. The van der Waals surface area contributed by atoms with Crippen LogP contribution in [0.4, 0.5) is 0 Å². The number of fused-ring (bicyclic) bond motifs is 1. The van der Waals surface area contributed by atoms with Crippen LogP contribution in [0, 0.1) is 0 Å². The average Bonchev–Trinajstić information content (AvgIpc) is 2.97. The zero-order valence-electron chi connectivity index (χ0n) is 12.6. The van der Waals surface area contributed by atoms with Crippen molar-refractivity contribution in [2.24, 2.45) is 0 Å². The summed E-state index contributed by atoms with van der Waals surface area (Å²) in [6, 6.07) is 10.7. The van der Waals surface area contributed by atoms with Crippen molar-refractivity contribution in [3.05, 3.63) is 59.7 Å². The Bertz CT molecular complexity index is 646. The van der Waals surface area contributed by atoms with E-state index in [0.29, 0.717) is 0 Å². The van der Waals surface area contributed by atoms with Gasteiger partial charge in [0.1, 0.15) is 5.82 Å². The molecule has 2 heterocycles. The Labute approximate surface area is 130 Å². The largest absolute Gasteiger partial charge is 0.391 e. The van der Waals surface area contributed by atoms with Gasteiger partial charge in [-0.05, 0) is 36.5 Å². The van der Waals surface area contributed by atoms with Crippen LogP contribution >= 0.6 is 0 Å². The molecular formula is C18H21N3O. The van der Waals surface area contributed by atoms with Crippen molar-refractivity contribution in [1.82, 2.24) is 14.9 Å². The second kappa shape index (κ2) is 5.78. The first-order valence-corrected chi connectivity index (χ1v) is 8.07. The molecule has 1 N–H and O–H groups in total. The number of hydrogen-bond acceptors (Lipinski definition) is 4. The Morgan fingerprint density at radius 3 is 2.59 bits per heavy atom. The normalized spacial score (nSPS) is 28.5. The SMILES string of the molecule is OC1CC(c2ncccn2)CC1N1CCc2ccccc2C1. The summed E-state index contributed by atoms with van der Waals surface area (Å²) in [6.45, 7) is 1.97. The molecule has 1 aliphatic carbocycles. The lowest BCUT2D eigenvalue weighted by Gasteiger charge is -2.35. The lowest BCUT2D eigenvalue weighted by molar-refractivity contribution is 0.0626. The molecule has 2 aromatic rings. The van der Waals surface area contributed by atoms with E-state index in [1.165, 1.54) is 11.1 Å². The summed E-state index contributed by atoms with van der Waals surface area (Å²) in [5.74, 6) is 1.15. The molecule has 0 spiro atoms. The number of aliphatic hydroxyl groups is 1. The van der Waals surface area contributed by atoms with Gasteiger partial charge in [-0.3, -0.25) is 4.90 Å². The molecule has 3 atom stereocenters. The van der Waals surface area contributed by atoms with Crippen molar-refractivity contribution in [3.63, 3.8) is 0 Å². The summed E-state index contributed by atoms with van der Waals surface area (Å²) >= 11 is 0. The van der Waals surface area contributed by atoms with Crippen molar-refractivity contribution in [2.45, 2.75) is 43.9 Å². The van der Waals surface area contributed by atoms with Gasteiger partial charge < -0.3 is 5.11 Å². The maximum Gasteiger partial charge on any atom is 0.131 e. The minimum absolute atomic E-state index is 0.224. The Morgan fingerprint density at radius 2 is 1.77 bits per heavy atom. The maximum atomic E-state index is 10.5. The van der Waals surface area contributed by atoms with Crippen molar-refractivity contribution in [3.8, 4) is 0 Å². The second-order valence-corrected chi connectivity index (χ2v) is 6.40. The molecule has 1 saturated carbocycles. The average molecular weight is 295 g/mol. The van der Waals surface area contributed by atoms with E-state index in [-0.39, 0.29) is 18.1 Å². The minimum atomic E-state index is -0.279. The molecule has 1 aromatic carbocycles. The highest BCUT2D eigenvalue weighted by molar-refractivity contribution is 5.29. The number of aromatic nitrogens is 2. The lowest BCUT2D eigenvalue weighted by Crippen LogP contribution is -2.43. The zero-order valence-corrected chi connectivity index (χ0v) is 12.6. The van der Waals surface area contributed by atoms with E-state index in [1.54, 1.807) is 12.4 Å². The van der Waals surface area contributed by atoms with Crippen LogP contribution in [-0.2, 0) is 13.0 Å². The van der Waals surface area contributed by atoms with Crippen molar-refractivity contribution >= 4 is 0 Å². The van der Waals surface area contributed by atoms with Gasteiger partial charge in [0, 0.05) is 37.4 Å². The molecule has 114 valence electrons. The minimum Gasteiger partial charge on any atom is -0.391 e. The smallest absolute Gasteiger partial charge is 0.131 e. The molecule has 22 heavy (non-hydrogen) atoms. The van der Waals surface area contributed by atoms with Gasteiger partial charge >= 0.3 is 0 Å². The van der Waals surface area contributed by atoms with E-state index in [4.69, 9.17) is 0 Å². The first kappa shape index (κ1) is 13.9. The molecule has 1 aliphatic heterocycles. The number of nitrogens with zero attached hydrogens (tertiary/aromatic N) is 3. The van der Waals surface area contributed by atoms with Gasteiger partial charge in [0.15, 0.2) is 0 Å². The van der Waals surface area contributed by atoms with Crippen molar-refractivity contribution < 1.29 is 5.11 Å². The summed E-state index contributed by atoms with van der Waals surface area (Å²) in [7, 11) is 0. The van der Waals surface area contributed by atoms with Gasteiger partial charge in [-0.1, -0.05) is 24.3 Å². The van der Waals surface area contributed by atoms with E-state index in [2.05, 4.69) is 39.1 Å². The van der Waals surface area contributed by atoms with E-state index >= 15 is 0 Å². The van der Waals surface area contributed by atoms with Gasteiger partial charge in [0.05, 0.1) is 6.10 Å². The molecule has 4 nitrogen and oxygen atoms in total. The molecule has 1 fully saturated rings. The van der Waals surface area contributed by atoms with E-state index < -0.39 is 0 Å². The third-order valence-corrected chi connectivity index (χ3v) is 5.08. The molecule has 4 rings (SSSR count). The van der Waals surface area contributed by atoms with E-state index in [1.807, 2.05) is 6.07 Å². The topological polar surface area (TPSA) is 49.3 Å². The summed E-state index contributed by atoms with van der Waals surface area (Å²) in [5.41, 5.74) is 2.86. The standard InChI is InChI=1S/C18H21N3O/c22-17-11-15(18-19-7-3-8-20-18)10-16(17)21-9-6-13-4-1-2-5-14(13)12-21/h1-5,7-8,15-17,22H,6,9-12H2. The number of rotatable bonds is 2. The summed E-state index contributed by atoms with van der Waals surface area (Å²) in [6.07, 6.45) is 6.10. The highest BCUT2D eigenvalue weighted by Gasteiger charge is 2.39. The fourth-order valence-electron chi connectivity index (χ4n) is 3.92. The van der Waals surface area contributed by atoms with E-state index in [0.717, 1.165) is 38.2 Å². The molecule has 0 bridgehead atoms. The van der Waals surface area contributed by atoms with Crippen LogP contribution in [0.2, 0.25) is 0 Å². The third kappa shape index (κ3) is 2.53. The molecule has 1 aromatic heterocycles. The maximum absolute atomic E-state index is 10.5. The monoisotopic (exact) mass is 295 g/mol. The van der Waals surface area contributed by atoms with Gasteiger partial charge in [0.2, 0.25) is 0 Å². The number of hydrogen-bond donors (Lipinski definition) is 1. The van der Waals surface area contributed by atoms with Crippen molar-refractivity contribution in [2.75, 3.05) is 6.54 Å². The van der Waals surface area contributed by atoms with Crippen molar-refractivity contribution in [1.29, 1.82) is 0 Å². The zero-order chi connectivity index (χ0) is 14.9. The van der Waals surface area contributed by atoms with Gasteiger partial charge in [0.25, 0.3) is 0 Å². The lowest BCUT2D eigenvalue weighted by atomic mass is 9.97. The first-order valence-electron chi connectivity index (χ1n) is 8.07. The van der Waals surface area contributed by atoms with Crippen LogP contribution in [0.15, 0.2) is 42.7 Å². The Hall–Kier alpha value is -1.78. The fraction of sp³-hybridized carbons (Fsp3) is 0.444. The molecular weight excluding hydrogens is 274 g/mol. The second-order valence-electron chi connectivity index (χ2n) is 6.40. The quantitative estimate of drug-likeness (QED) is 0.922. The van der Waals surface area contributed by atoms with Crippen LogP contribution in [0.1, 0.15) is 35.7 Å². The predicted molar refractivity (Wildman–Crippen MR) is 84.4 cm³/mol. The first-order chi connectivity index (χ1) is 10.8. The summed E-state index contributed by atoms with van der Waals surface area (Å²) < 4.78 is 0.